The van der Waals surface area contributed by atoms with E-state index in [-0.39, 0.29) is 0 Å². The predicted octanol–water partition coefficient (Wildman–Crippen LogP) is 8.31. The van der Waals surface area contributed by atoms with Gasteiger partial charge in [-0.1, -0.05) is 70.8 Å². The molecule has 0 saturated heterocycles. The van der Waals surface area contributed by atoms with Crippen LogP contribution in [0.25, 0.3) is 22.8 Å². The first-order valence-corrected chi connectivity index (χ1v) is 11.2. The molecular formula is C23H30BrNO2. The molecule has 0 radical (unpaired) electrons. The third-order valence-corrected chi connectivity index (χ3v) is 5.48. The summed E-state index contributed by atoms with van der Waals surface area (Å²) in [5, 5.41) is 0. The molecule has 0 saturated carbocycles. The third kappa shape index (κ3) is 6.24. The fourth-order valence-electron chi connectivity index (χ4n) is 3.48. The van der Waals surface area contributed by atoms with Crippen molar-refractivity contribution in [2.75, 3.05) is 0 Å². The molecule has 0 aliphatic rings. The maximum atomic E-state index is 5.80. The summed E-state index contributed by atoms with van der Waals surface area (Å²) in [5.41, 5.74) is 3.05. The average Bonchev–Trinajstić information content (AvgIpc) is 3.28. The number of oxazole rings is 1. The number of furan rings is 1. The highest BCUT2D eigenvalue weighted by molar-refractivity contribution is 9.10. The van der Waals surface area contributed by atoms with Crippen LogP contribution in [0.3, 0.4) is 0 Å². The molecule has 3 rings (SSSR count). The van der Waals surface area contributed by atoms with Crippen LogP contribution in [0.2, 0.25) is 0 Å². The summed E-state index contributed by atoms with van der Waals surface area (Å²) in [6.07, 6.45) is 14.8. The Labute approximate surface area is 170 Å². The standard InChI is InChI=1S/C23H30BrNO2/c1-2-3-4-5-6-7-8-9-10-11-12-18-13-14-20-19(17-18)25-23(27-20)21-15-16-22(24)26-21/h13-17H,2-12H2,1H3. The summed E-state index contributed by atoms with van der Waals surface area (Å²) in [4.78, 5) is 4.58. The van der Waals surface area contributed by atoms with E-state index in [1.54, 1.807) is 0 Å². The van der Waals surface area contributed by atoms with Crippen LogP contribution in [0.5, 0.6) is 0 Å². The number of fused-ring (bicyclic) bond motifs is 1. The zero-order valence-corrected chi connectivity index (χ0v) is 17.9. The molecule has 0 bridgehead atoms. The van der Waals surface area contributed by atoms with Gasteiger partial charge in [-0.2, -0.15) is 0 Å². The van der Waals surface area contributed by atoms with Gasteiger partial charge >= 0.3 is 0 Å². The second-order valence-electron chi connectivity index (χ2n) is 7.36. The van der Waals surface area contributed by atoms with Crippen LogP contribution in [0.1, 0.15) is 76.7 Å². The Bertz CT molecular complexity index is 821. The molecule has 0 amide bonds. The summed E-state index contributed by atoms with van der Waals surface area (Å²) >= 11 is 3.31. The molecule has 1 aromatic carbocycles. The molecule has 0 atom stereocenters. The quantitative estimate of drug-likeness (QED) is 0.270. The van der Waals surface area contributed by atoms with E-state index < -0.39 is 0 Å². The van der Waals surface area contributed by atoms with Gasteiger partial charge in [-0.15, -0.1) is 0 Å². The van der Waals surface area contributed by atoms with Gasteiger partial charge in [0.05, 0.1) is 0 Å². The van der Waals surface area contributed by atoms with Gasteiger partial charge in [0.2, 0.25) is 0 Å². The lowest BCUT2D eigenvalue weighted by Gasteiger charge is -2.03. The molecule has 2 heterocycles. The highest BCUT2D eigenvalue weighted by Gasteiger charge is 2.12. The number of hydrogen-bond donors (Lipinski definition) is 0. The Hall–Kier alpha value is -1.55. The smallest absolute Gasteiger partial charge is 0.263 e. The Kier molecular flexibility index (Phi) is 8.00. The van der Waals surface area contributed by atoms with Gasteiger partial charge in [-0.25, -0.2) is 4.98 Å². The van der Waals surface area contributed by atoms with E-state index in [4.69, 9.17) is 8.83 Å². The topological polar surface area (TPSA) is 39.2 Å². The van der Waals surface area contributed by atoms with Crippen molar-refractivity contribution in [1.82, 2.24) is 4.98 Å². The van der Waals surface area contributed by atoms with Crippen LogP contribution in [-0.2, 0) is 6.42 Å². The van der Waals surface area contributed by atoms with Crippen molar-refractivity contribution in [1.29, 1.82) is 0 Å². The van der Waals surface area contributed by atoms with Gasteiger partial charge in [0.1, 0.15) is 5.52 Å². The molecule has 27 heavy (non-hydrogen) atoms. The van der Waals surface area contributed by atoms with Gasteiger partial charge in [-0.05, 0) is 58.6 Å². The highest BCUT2D eigenvalue weighted by atomic mass is 79.9. The van der Waals surface area contributed by atoms with Crippen molar-refractivity contribution in [3.05, 3.63) is 40.6 Å². The van der Waals surface area contributed by atoms with Crippen LogP contribution >= 0.6 is 15.9 Å². The van der Waals surface area contributed by atoms with Crippen molar-refractivity contribution >= 4 is 27.0 Å². The third-order valence-electron chi connectivity index (χ3n) is 5.05. The van der Waals surface area contributed by atoms with Crippen molar-refractivity contribution < 1.29 is 8.83 Å². The number of hydrogen-bond acceptors (Lipinski definition) is 3. The number of aryl methyl sites for hydroxylation is 1. The zero-order chi connectivity index (χ0) is 18.9. The van der Waals surface area contributed by atoms with Crippen LogP contribution in [0.15, 0.2) is 43.8 Å². The lowest BCUT2D eigenvalue weighted by molar-refractivity contribution is 0.518. The van der Waals surface area contributed by atoms with Crippen molar-refractivity contribution in [3.8, 4) is 11.7 Å². The minimum Gasteiger partial charge on any atom is -0.444 e. The maximum Gasteiger partial charge on any atom is 0.263 e. The molecule has 0 aliphatic carbocycles. The monoisotopic (exact) mass is 431 g/mol. The summed E-state index contributed by atoms with van der Waals surface area (Å²) in [5.74, 6) is 1.18. The lowest BCUT2D eigenvalue weighted by Crippen LogP contribution is -1.87. The van der Waals surface area contributed by atoms with Crippen molar-refractivity contribution in [2.24, 2.45) is 0 Å². The Morgan fingerprint density at radius 3 is 2.19 bits per heavy atom. The van der Waals surface area contributed by atoms with E-state index in [1.165, 1.54) is 69.8 Å². The van der Waals surface area contributed by atoms with E-state index in [2.05, 4.69) is 40.0 Å². The largest absolute Gasteiger partial charge is 0.444 e. The normalized spacial score (nSPS) is 11.5. The molecule has 0 fully saturated rings. The first-order chi connectivity index (χ1) is 13.3. The lowest BCUT2D eigenvalue weighted by atomic mass is 10.0. The molecule has 0 aliphatic heterocycles. The maximum absolute atomic E-state index is 5.80. The minimum atomic E-state index is 0.534. The van der Waals surface area contributed by atoms with E-state index in [9.17, 15) is 0 Å². The van der Waals surface area contributed by atoms with E-state index in [0.29, 0.717) is 16.3 Å². The van der Waals surface area contributed by atoms with Crippen molar-refractivity contribution in [2.45, 2.75) is 77.6 Å². The van der Waals surface area contributed by atoms with E-state index in [1.807, 2.05) is 18.2 Å². The summed E-state index contributed by atoms with van der Waals surface area (Å²) in [6.45, 7) is 2.28. The Balaban J connectivity index is 1.39. The molecule has 0 unspecified atom stereocenters. The minimum absolute atomic E-state index is 0.534. The van der Waals surface area contributed by atoms with Crippen LogP contribution < -0.4 is 0 Å². The van der Waals surface area contributed by atoms with Crippen LogP contribution in [0.4, 0.5) is 0 Å². The van der Waals surface area contributed by atoms with E-state index in [0.717, 1.165) is 17.5 Å². The Morgan fingerprint density at radius 1 is 0.815 bits per heavy atom. The highest BCUT2D eigenvalue weighted by Crippen LogP contribution is 2.28. The number of benzene rings is 1. The van der Waals surface area contributed by atoms with Gasteiger partial charge in [-0.3, -0.25) is 0 Å². The molecule has 146 valence electrons. The molecule has 0 N–H and O–H groups in total. The van der Waals surface area contributed by atoms with Gasteiger partial charge < -0.3 is 8.83 Å². The van der Waals surface area contributed by atoms with E-state index >= 15 is 0 Å². The van der Waals surface area contributed by atoms with Gasteiger partial charge in [0.15, 0.2) is 16.0 Å². The number of aromatic nitrogens is 1. The predicted molar refractivity (Wildman–Crippen MR) is 115 cm³/mol. The molecule has 2 aromatic heterocycles. The molecule has 0 spiro atoms. The van der Waals surface area contributed by atoms with Crippen LogP contribution in [-0.4, -0.2) is 4.98 Å². The van der Waals surface area contributed by atoms with Crippen LogP contribution in [0, 0.1) is 0 Å². The second-order valence-corrected chi connectivity index (χ2v) is 8.14. The average molecular weight is 432 g/mol. The second kappa shape index (κ2) is 10.7. The molecule has 4 heteroatoms. The number of halogens is 1. The van der Waals surface area contributed by atoms with Crippen molar-refractivity contribution in [3.63, 3.8) is 0 Å². The summed E-state index contributed by atoms with van der Waals surface area (Å²) < 4.78 is 12.0. The van der Waals surface area contributed by atoms with Gasteiger partial charge in [0, 0.05) is 0 Å². The van der Waals surface area contributed by atoms with Gasteiger partial charge in [0.25, 0.3) is 5.89 Å². The first kappa shape index (κ1) is 20.2. The fourth-order valence-corrected chi connectivity index (χ4v) is 3.79. The number of rotatable bonds is 12. The summed E-state index contributed by atoms with van der Waals surface area (Å²) in [7, 11) is 0. The molecular weight excluding hydrogens is 402 g/mol. The molecule has 3 aromatic rings. The zero-order valence-electron chi connectivity index (χ0n) is 16.3. The molecule has 3 nitrogen and oxygen atoms in total. The first-order valence-electron chi connectivity index (χ1n) is 10.4. The SMILES string of the molecule is CCCCCCCCCCCCc1ccc2oc(-c3ccc(Br)o3)nc2c1. The number of nitrogens with zero attached hydrogens (tertiary/aromatic N) is 1. The number of unbranched alkanes of at least 4 members (excludes halogenated alkanes) is 9. The summed E-state index contributed by atoms with van der Waals surface area (Å²) in [6, 6.07) is 10.0. The fraction of sp³-hybridized carbons (Fsp3) is 0.522. The Morgan fingerprint density at radius 2 is 1.52 bits per heavy atom.